The van der Waals surface area contributed by atoms with Gasteiger partial charge in [-0.2, -0.15) is 4.98 Å². The summed E-state index contributed by atoms with van der Waals surface area (Å²) < 4.78 is 5.21. The first kappa shape index (κ1) is 16.0. The van der Waals surface area contributed by atoms with Gasteiger partial charge in [0.1, 0.15) is 0 Å². The molecule has 1 saturated heterocycles. The van der Waals surface area contributed by atoms with Gasteiger partial charge in [0.15, 0.2) is 5.82 Å². The van der Waals surface area contributed by atoms with E-state index in [9.17, 15) is 4.79 Å². The highest BCUT2D eigenvalue weighted by molar-refractivity contribution is 5.74. The Morgan fingerprint density at radius 3 is 2.65 bits per heavy atom. The van der Waals surface area contributed by atoms with Gasteiger partial charge in [-0.25, -0.2) is 4.79 Å². The van der Waals surface area contributed by atoms with Gasteiger partial charge in [-0.15, -0.1) is 0 Å². The molecular weight excluding hydrogens is 292 g/mol. The van der Waals surface area contributed by atoms with Crippen LogP contribution in [0.25, 0.3) is 0 Å². The first-order valence-electron chi connectivity index (χ1n) is 8.63. The molecule has 126 valence electrons. The number of carbonyl (C=O) groups excluding carboxylic acids is 1. The highest BCUT2D eigenvalue weighted by Crippen LogP contribution is 2.32. The molecule has 0 radical (unpaired) electrons. The van der Waals surface area contributed by atoms with Crippen LogP contribution >= 0.6 is 0 Å². The summed E-state index contributed by atoms with van der Waals surface area (Å²) in [4.78, 5) is 18.5. The van der Waals surface area contributed by atoms with Crippen molar-refractivity contribution in [1.29, 1.82) is 0 Å². The van der Waals surface area contributed by atoms with E-state index in [0.29, 0.717) is 30.7 Å². The van der Waals surface area contributed by atoms with Gasteiger partial charge in [0.2, 0.25) is 5.89 Å². The van der Waals surface area contributed by atoms with Crippen LogP contribution in [0.15, 0.2) is 16.7 Å². The number of allylic oxidation sites excluding steroid dienone is 2. The number of fused-ring (bicyclic) bond motifs is 1. The summed E-state index contributed by atoms with van der Waals surface area (Å²) in [6.45, 7) is 6.50. The SMILES string of the molecule is CC(C)c1noc(CCCNC(=O)N2C[C@H]3CC=CC[C@@H]3C2)n1. The molecule has 1 N–H and O–H groups in total. The average Bonchev–Trinajstić information content (AvgIpc) is 3.17. The van der Waals surface area contributed by atoms with E-state index in [1.165, 1.54) is 0 Å². The number of hydrogen-bond acceptors (Lipinski definition) is 4. The van der Waals surface area contributed by atoms with Crippen molar-refractivity contribution in [1.82, 2.24) is 20.4 Å². The zero-order valence-corrected chi connectivity index (χ0v) is 14.0. The van der Waals surface area contributed by atoms with Gasteiger partial charge in [-0.3, -0.25) is 0 Å². The van der Waals surface area contributed by atoms with Crippen LogP contribution in [0.2, 0.25) is 0 Å². The van der Waals surface area contributed by atoms with E-state index in [1.807, 2.05) is 18.7 Å². The fourth-order valence-corrected chi connectivity index (χ4v) is 3.33. The maximum atomic E-state index is 12.2. The maximum absolute atomic E-state index is 12.2. The van der Waals surface area contributed by atoms with Crippen molar-refractivity contribution >= 4 is 6.03 Å². The minimum Gasteiger partial charge on any atom is -0.339 e. The Labute approximate surface area is 137 Å². The number of likely N-dealkylation sites (tertiary alicyclic amines) is 1. The highest BCUT2D eigenvalue weighted by Gasteiger charge is 2.34. The van der Waals surface area contributed by atoms with Crippen LogP contribution < -0.4 is 5.32 Å². The van der Waals surface area contributed by atoms with Crippen LogP contribution in [0, 0.1) is 11.8 Å². The molecule has 1 aliphatic heterocycles. The van der Waals surface area contributed by atoms with Crippen LogP contribution in [0.4, 0.5) is 4.79 Å². The number of aromatic nitrogens is 2. The molecule has 1 aromatic heterocycles. The number of hydrogen-bond donors (Lipinski definition) is 1. The third kappa shape index (κ3) is 3.92. The third-order valence-electron chi connectivity index (χ3n) is 4.75. The second kappa shape index (κ2) is 7.15. The van der Waals surface area contributed by atoms with Crippen LogP contribution in [0.3, 0.4) is 0 Å². The van der Waals surface area contributed by atoms with Crippen LogP contribution in [-0.2, 0) is 6.42 Å². The Kier molecular flexibility index (Phi) is 4.98. The lowest BCUT2D eigenvalue weighted by Crippen LogP contribution is -2.39. The number of urea groups is 1. The van der Waals surface area contributed by atoms with E-state index in [-0.39, 0.29) is 11.9 Å². The molecule has 0 saturated carbocycles. The lowest BCUT2D eigenvalue weighted by molar-refractivity contribution is 0.206. The lowest BCUT2D eigenvalue weighted by Gasteiger charge is -2.17. The van der Waals surface area contributed by atoms with E-state index in [2.05, 4.69) is 27.6 Å². The summed E-state index contributed by atoms with van der Waals surface area (Å²) >= 11 is 0. The standard InChI is InChI=1S/C17H26N4O2/c1-12(2)16-19-15(23-20-16)8-5-9-18-17(22)21-10-13-6-3-4-7-14(13)11-21/h3-4,12-14H,5-11H2,1-2H3,(H,18,22)/t13-,14-/m1/s1. The molecule has 6 nitrogen and oxygen atoms in total. The zero-order chi connectivity index (χ0) is 16.2. The molecule has 0 unspecified atom stereocenters. The van der Waals surface area contributed by atoms with Crippen molar-refractivity contribution in [3.05, 3.63) is 23.9 Å². The molecule has 2 heterocycles. The smallest absolute Gasteiger partial charge is 0.317 e. The van der Waals surface area contributed by atoms with Crippen molar-refractivity contribution in [3.8, 4) is 0 Å². The second-order valence-electron chi connectivity index (χ2n) is 6.90. The molecule has 2 atom stereocenters. The van der Waals surface area contributed by atoms with Gasteiger partial charge in [0.05, 0.1) is 0 Å². The van der Waals surface area contributed by atoms with Crippen molar-refractivity contribution in [3.63, 3.8) is 0 Å². The summed E-state index contributed by atoms with van der Waals surface area (Å²) in [5.41, 5.74) is 0. The average molecular weight is 318 g/mol. The molecule has 3 rings (SSSR count). The Morgan fingerprint density at radius 2 is 2.04 bits per heavy atom. The van der Waals surface area contributed by atoms with Crippen LogP contribution in [0.5, 0.6) is 0 Å². The molecule has 6 heteroatoms. The zero-order valence-electron chi connectivity index (χ0n) is 14.0. The summed E-state index contributed by atoms with van der Waals surface area (Å²) in [7, 11) is 0. The van der Waals surface area contributed by atoms with E-state index in [0.717, 1.165) is 38.2 Å². The molecule has 0 spiro atoms. The van der Waals surface area contributed by atoms with Gasteiger partial charge < -0.3 is 14.7 Å². The number of rotatable bonds is 5. The van der Waals surface area contributed by atoms with Crippen molar-refractivity contribution < 1.29 is 9.32 Å². The van der Waals surface area contributed by atoms with Crippen LogP contribution in [0.1, 0.15) is 50.7 Å². The Hall–Kier alpha value is -1.85. The molecule has 0 bridgehead atoms. The highest BCUT2D eigenvalue weighted by atomic mass is 16.5. The quantitative estimate of drug-likeness (QED) is 0.669. The van der Waals surface area contributed by atoms with E-state index in [4.69, 9.17) is 4.52 Å². The predicted octanol–water partition coefficient (Wildman–Crippen LogP) is 2.73. The monoisotopic (exact) mass is 318 g/mol. The number of carbonyl (C=O) groups is 1. The van der Waals surface area contributed by atoms with Gasteiger partial charge in [0, 0.05) is 32.0 Å². The molecule has 2 aliphatic rings. The Balaban J connectivity index is 1.36. The fraction of sp³-hybridized carbons (Fsp3) is 0.706. The van der Waals surface area contributed by atoms with Gasteiger partial charge >= 0.3 is 6.03 Å². The molecule has 1 fully saturated rings. The molecular formula is C17H26N4O2. The van der Waals surface area contributed by atoms with E-state index in [1.54, 1.807) is 0 Å². The molecule has 1 aromatic rings. The van der Waals surface area contributed by atoms with Crippen molar-refractivity contribution in [2.75, 3.05) is 19.6 Å². The molecule has 1 aliphatic carbocycles. The largest absolute Gasteiger partial charge is 0.339 e. The van der Waals surface area contributed by atoms with Gasteiger partial charge in [0.25, 0.3) is 0 Å². The van der Waals surface area contributed by atoms with Crippen LogP contribution in [-0.4, -0.2) is 40.7 Å². The Morgan fingerprint density at radius 1 is 1.35 bits per heavy atom. The first-order chi connectivity index (χ1) is 11.1. The maximum Gasteiger partial charge on any atom is 0.317 e. The number of amides is 2. The number of aryl methyl sites for hydroxylation is 1. The fourth-order valence-electron chi connectivity index (χ4n) is 3.33. The summed E-state index contributed by atoms with van der Waals surface area (Å²) in [5, 5.41) is 6.96. The second-order valence-corrected chi connectivity index (χ2v) is 6.90. The minimum absolute atomic E-state index is 0.0628. The normalized spacial score (nSPS) is 23.3. The molecule has 0 aromatic carbocycles. The first-order valence-corrected chi connectivity index (χ1v) is 8.63. The minimum atomic E-state index is 0.0628. The van der Waals surface area contributed by atoms with Gasteiger partial charge in [-0.05, 0) is 31.1 Å². The Bertz CT molecular complexity index is 551. The summed E-state index contributed by atoms with van der Waals surface area (Å²) in [5.74, 6) is 2.98. The van der Waals surface area contributed by atoms with Crippen molar-refractivity contribution in [2.24, 2.45) is 11.8 Å². The van der Waals surface area contributed by atoms with E-state index >= 15 is 0 Å². The predicted molar refractivity (Wildman–Crippen MR) is 87.0 cm³/mol. The topological polar surface area (TPSA) is 71.3 Å². The molecule has 2 amide bonds. The van der Waals surface area contributed by atoms with Crippen molar-refractivity contribution in [2.45, 2.75) is 45.4 Å². The van der Waals surface area contributed by atoms with E-state index < -0.39 is 0 Å². The lowest BCUT2D eigenvalue weighted by atomic mass is 9.86. The number of nitrogens with one attached hydrogen (secondary N) is 1. The van der Waals surface area contributed by atoms with Gasteiger partial charge in [-0.1, -0.05) is 31.2 Å². The number of nitrogens with zero attached hydrogens (tertiary/aromatic N) is 3. The summed E-state index contributed by atoms with van der Waals surface area (Å²) in [6, 6.07) is 0.0628. The third-order valence-corrected chi connectivity index (χ3v) is 4.75. The summed E-state index contributed by atoms with van der Waals surface area (Å²) in [6.07, 6.45) is 8.24. The molecule has 23 heavy (non-hydrogen) atoms.